The number of rotatable bonds is 31. The monoisotopic (exact) mass is 576 g/mol. The predicted molar refractivity (Wildman–Crippen MR) is 182 cm³/mol. The van der Waals surface area contributed by atoms with Gasteiger partial charge in [-0.1, -0.05) is 181 Å². The van der Waals surface area contributed by atoms with Crippen LogP contribution < -0.4 is 5.30 Å². The van der Waals surface area contributed by atoms with Gasteiger partial charge in [0.15, 0.2) is 0 Å². The maximum atomic E-state index is 11.9. The van der Waals surface area contributed by atoms with Gasteiger partial charge in [0.1, 0.15) is 0 Å². The number of hydrogen-bond donors (Lipinski definition) is 0. The van der Waals surface area contributed by atoms with Gasteiger partial charge in [0.05, 0.1) is 8.46 Å². The second-order valence-electron chi connectivity index (χ2n) is 12.6. The van der Waals surface area contributed by atoms with E-state index in [9.17, 15) is 4.57 Å². The number of unbranched alkanes of at least 4 members (excludes halogenated alkanes) is 26. The summed E-state index contributed by atoms with van der Waals surface area (Å²) < 4.78 is 11.9. The van der Waals surface area contributed by atoms with Gasteiger partial charge in [0, 0.05) is 17.2 Å². The summed E-state index contributed by atoms with van der Waals surface area (Å²) >= 11 is 0. The summed E-state index contributed by atoms with van der Waals surface area (Å²) in [6.45, 7) is 4.59. The first kappa shape index (κ1) is 37.4. The van der Waals surface area contributed by atoms with Gasteiger partial charge in [-0.3, -0.25) is 4.98 Å². The Bertz CT molecular complexity index is 676. The van der Waals surface area contributed by atoms with Crippen molar-refractivity contribution in [1.29, 1.82) is 0 Å². The normalized spacial score (nSPS) is 11.8. The molecule has 0 amide bonds. The molecule has 3 heteroatoms. The van der Waals surface area contributed by atoms with E-state index in [2.05, 4.69) is 13.8 Å². The van der Waals surface area contributed by atoms with Crippen LogP contribution in [0.15, 0.2) is 12.3 Å². The first-order valence-corrected chi connectivity index (χ1v) is 19.3. The summed E-state index contributed by atoms with van der Waals surface area (Å²) in [5.41, 5.74) is 2.58. The van der Waals surface area contributed by atoms with Crippen LogP contribution in [0.5, 0.6) is 0 Å². The van der Waals surface area contributed by atoms with E-state index in [4.69, 9.17) is 4.98 Å². The highest BCUT2D eigenvalue weighted by molar-refractivity contribution is 7.34. The lowest BCUT2D eigenvalue weighted by Crippen LogP contribution is -2.10. The van der Waals surface area contributed by atoms with Gasteiger partial charge >= 0.3 is 0 Å². The van der Waals surface area contributed by atoms with E-state index in [-0.39, 0.29) is 0 Å². The van der Waals surface area contributed by atoms with Crippen molar-refractivity contribution in [2.75, 3.05) is 0 Å². The van der Waals surface area contributed by atoms with Gasteiger partial charge in [-0.2, -0.15) is 0 Å². The predicted octanol–water partition coefficient (Wildman–Crippen LogP) is 12.5. The molecular formula is C37H70NOP. The molecule has 1 heterocycles. The number of aryl methyl sites for hydroxylation is 1. The Kier molecular flexibility index (Phi) is 27.9. The molecule has 0 bridgehead atoms. The molecule has 0 fully saturated rings. The highest BCUT2D eigenvalue weighted by Crippen LogP contribution is 2.18. The van der Waals surface area contributed by atoms with E-state index in [0.29, 0.717) is 0 Å². The number of aromatic nitrogens is 1. The van der Waals surface area contributed by atoms with Crippen molar-refractivity contribution >= 4 is 13.8 Å². The molecule has 0 aliphatic rings. The van der Waals surface area contributed by atoms with Crippen LogP contribution in [0.2, 0.25) is 0 Å². The molecule has 40 heavy (non-hydrogen) atoms. The van der Waals surface area contributed by atoms with Crippen molar-refractivity contribution in [3.8, 4) is 0 Å². The number of hydrogen-bond acceptors (Lipinski definition) is 2. The first-order chi connectivity index (χ1) is 19.8. The quantitative estimate of drug-likeness (QED) is 0.0651. The van der Waals surface area contributed by atoms with Crippen LogP contribution in [0.3, 0.4) is 0 Å². The average molecular weight is 576 g/mol. The minimum atomic E-state index is -0.859. The standard InChI is InChI=1S/C37H70NOP/c1-3-5-7-9-11-13-15-17-19-21-23-25-27-29-31-35-36(38-34-33-37(35)40-39)32-30-28-26-24-22-20-18-16-14-12-10-8-6-4-2/h33-34H,3-32,40H2,1-2H3. The van der Waals surface area contributed by atoms with Gasteiger partial charge < -0.3 is 4.57 Å². The van der Waals surface area contributed by atoms with Crippen LogP contribution in [-0.2, 0) is 17.4 Å². The van der Waals surface area contributed by atoms with Crippen molar-refractivity contribution in [3.05, 3.63) is 23.5 Å². The number of nitrogens with zero attached hydrogens (tertiary/aromatic N) is 1. The summed E-state index contributed by atoms with van der Waals surface area (Å²) in [5, 5.41) is 1.09. The van der Waals surface area contributed by atoms with Crippen LogP contribution in [0.4, 0.5) is 0 Å². The lowest BCUT2D eigenvalue weighted by Gasteiger charge is -2.11. The van der Waals surface area contributed by atoms with Gasteiger partial charge in [-0.05, 0) is 37.3 Å². The lowest BCUT2D eigenvalue weighted by molar-refractivity contribution is 0.533. The van der Waals surface area contributed by atoms with Crippen LogP contribution in [0, 0.1) is 0 Å². The highest BCUT2D eigenvalue weighted by atomic mass is 31.1. The van der Waals surface area contributed by atoms with Crippen molar-refractivity contribution in [1.82, 2.24) is 4.98 Å². The molecule has 1 atom stereocenters. The Balaban J connectivity index is 2.06. The van der Waals surface area contributed by atoms with E-state index in [0.717, 1.165) is 18.1 Å². The van der Waals surface area contributed by atoms with Crippen molar-refractivity contribution < 1.29 is 4.57 Å². The summed E-state index contributed by atoms with van der Waals surface area (Å²) in [7, 11) is -0.859. The third-order valence-corrected chi connectivity index (χ3v) is 9.65. The van der Waals surface area contributed by atoms with E-state index < -0.39 is 8.46 Å². The fourth-order valence-electron chi connectivity index (χ4n) is 6.15. The second kappa shape index (κ2) is 29.9. The van der Waals surface area contributed by atoms with Gasteiger partial charge in [0.2, 0.25) is 0 Å². The summed E-state index contributed by atoms with van der Waals surface area (Å²) in [5.74, 6) is 0. The molecule has 1 aromatic heterocycles. The van der Waals surface area contributed by atoms with Gasteiger partial charge in [-0.25, -0.2) is 0 Å². The van der Waals surface area contributed by atoms with Crippen molar-refractivity contribution in [2.45, 2.75) is 206 Å². The zero-order chi connectivity index (χ0) is 28.8. The molecule has 0 radical (unpaired) electrons. The topological polar surface area (TPSA) is 30.0 Å². The van der Waals surface area contributed by atoms with Crippen molar-refractivity contribution in [2.24, 2.45) is 0 Å². The third-order valence-electron chi connectivity index (χ3n) is 8.86. The molecule has 0 N–H and O–H groups in total. The zero-order valence-corrected chi connectivity index (χ0v) is 28.5. The smallest absolute Gasteiger partial charge is 0.0925 e. The van der Waals surface area contributed by atoms with Crippen LogP contribution >= 0.6 is 8.46 Å². The number of pyridine rings is 1. The molecule has 1 aromatic rings. The molecular weight excluding hydrogens is 505 g/mol. The molecule has 0 saturated carbocycles. The molecule has 0 aliphatic carbocycles. The molecule has 0 aliphatic heterocycles. The molecule has 0 spiro atoms. The molecule has 0 aromatic carbocycles. The lowest BCUT2D eigenvalue weighted by atomic mass is 9.99. The molecule has 2 nitrogen and oxygen atoms in total. The fraction of sp³-hybridized carbons (Fsp3) is 0.865. The zero-order valence-electron chi connectivity index (χ0n) is 27.3. The van der Waals surface area contributed by atoms with Crippen LogP contribution in [-0.4, -0.2) is 4.98 Å². The largest absolute Gasteiger partial charge is 0.325 e. The Labute approximate surface area is 252 Å². The summed E-state index contributed by atoms with van der Waals surface area (Å²) in [6.07, 6.45) is 43.1. The molecule has 234 valence electrons. The van der Waals surface area contributed by atoms with Crippen LogP contribution in [0.25, 0.3) is 0 Å². The maximum absolute atomic E-state index is 11.9. The Morgan fingerprint density at radius 3 is 1.15 bits per heavy atom. The minimum absolute atomic E-state index is 0.859. The summed E-state index contributed by atoms with van der Waals surface area (Å²) in [4.78, 5) is 4.75. The average Bonchev–Trinajstić information content (AvgIpc) is 2.97. The Hall–Kier alpha value is -0.620. The Morgan fingerprint density at radius 1 is 0.475 bits per heavy atom. The second-order valence-corrected chi connectivity index (χ2v) is 13.5. The van der Waals surface area contributed by atoms with E-state index in [1.807, 2.05) is 12.3 Å². The first-order valence-electron chi connectivity index (χ1n) is 18.2. The molecule has 1 unspecified atom stereocenters. The molecule has 1 rings (SSSR count). The van der Waals surface area contributed by atoms with Crippen molar-refractivity contribution in [3.63, 3.8) is 0 Å². The highest BCUT2D eigenvalue weighted by Gasteiger charge is 2.09. The minimum Gasteiger partial charge on any atom is -0.325 e. The van der Waals surface area contributed by atoms with E-state index in [1.54, 1.807) is 0 Å². The third kappa shape index (κ3) is 22.0. The fourth-order valence-corrected chi connectivity index (χ4v) is 6.77. The summed E-state index contributed by atoms with van der Waals surface area (Å²) in [6, 6.07) is 2.01. The van der Waals surface area contributed by atoms with Gasteiger partial charge in [0.25, 0.3) is 0 Å². The molecule has 0 saturated heterocycles. The van der Waals surface area contributed by atoms with Gasteiger partial charge in [-0.15, -0.1) is 0 Å². The maximum Gasteiger partial charge on any atom is 0.0925 e. The van der Waals surface area contributed by atoms with E-state index >= 15 is 0 Å². The SMILES string of the molecule is CCCCCCCCCCCCCCCCc1nccc([PH2]=O)c1CCCCCCCCCCCCCCCC. The van der Waals surface area contributed by atoms with Crippen LogP contribution in [0.1, 0.15) is 205 Å². The van der Waals surface area contributed by atoms with E-state index in [1.165, 1.54) is 191 Å². The Morgan fingerprint density at radius 2 is 0.800 bits per heavy atom.